The third-order valence-electron chi connectivity index (χ3n) is 7.97. The minimum Gasteiger partial charge on any atom is -0.396 e. The summed E-state index contributed by atoms with van der Waals surface area (Å²) in [7, 11) is 0. The standard InChI is InChI=1S/C31H16F8N4O4/c32-21-7-3-15(11-23(21)40)42-25(44)17-5-1-13(9-19(17)27(42)46)29(30(34,35)36,31(37,38)39)14-2-6-18-20(10-14)28(47)43(26(18)45)16-4-8-22(33)24(41)12-16/h1-12H,40-41H2. The fourth-order valence-electron chi connectivity index (χ4n) is 5.74. The van der Waals surface area contributed by atoms with E-state index in [0.717, 1.165) is 36.4 Å². The fourth-order valence-corrected chi connectivity index (χ4v) is 5.74. The number of rotatable bonds is 4. The highest BCUT2D eigenvalue weighted by molar-refractivity contribution is 6.35. The molecular weight excluding hydrogens is 644 g/mol. The van der Waals surface area contributed by atoms with E-state index < -0.39 is 97.8 Å². The predicted molar refractivity (Wildman–Crippen MR) is 150 cm³/mol. The van der Waals surface area contributed by atoms with Crippen molar-refractivity contribution in [1.29, 1.82) is 0 Å². The van der Waals surface area contributed by atoms with Crippen LogP contribution in [0.4, 0.5) is 57.9 Å². The molecule has 0 saturated heterocycles. The minimum absolute atomic E-state index is 0.275. The Labute approximate surface area is 257 Å². The van der Waals surface area contributed by atoms with Crippen LogP contribution in [0.2, 0.25) is 0 Å². The second-order valence-electron chi connectivity index (χ2n) is 10.6. The molecule has 0 spiro atoms. The van der Waals surface area contributed by atoms with Crippen molar-refractivity contribution < 1.29 is 54.3 Å². The first-order chi connectivity index (χ1) is 21.9. The van der Waals surface area contributed by atoms with Crippen molar-refractivity contribution in [3.8, 4) is 0 Å². The highest BCUT2D eigenvalue weighted by Gasteiger charge is 2.73. The average molecular weight is 660 g/mol. The fraction of sp³-hybridized carbons (Fsp3) is 0.0968. The molecule has 240 valence electrons. The van der Waals surface area contributed by atoms with E-state index in [1.807, 2.05) is 0 Å². The number of carbonyl (C=O) groups excluding carboxylic acids is 4. The molecule has 6 rings (SSSR count). The smallest absolute Gasteiger partial charge is 0.396 e. The van der Waals surface area contributed by atoms with E-state index in [1.165, 1.54) is 0 Å². The van der Waals surface area contributed by atoms with E-state index in [2.05, 4.69) is 0 Å². The highest BCUT2D eigenvalue weighted by Crippen LogP contribution is 2.57. The number of carbonyl (C=O) groups is 4. The quantitative estimate of drug-likeness (QED) is 0.154. The van der Waals surface area contributed by atoms with E-state index in [4.69, 9.17) is 11.5 Å². The Hall–Kier alpha value is -5.80. The van der Waals surface area contributed by atoms with E-state index >= 15 is 0 Å². The zero-order valence-corrected chi connectivity index (χ0v) is 23.1. The first-order valence-corrected chi connectivity index (χ1v) is 13.2. The molecule has 0 aliphatic carbocycles. The van der Waals surface area contributed by atoms with E-state index in [-0.39, 0.29) is 23.5 Å². The summed E-state index contributed by atoms with van der Waals surface area (Å²) in [6.07, 6.45) is -12.4. The summed E-state index contributed by atoms with van der Waals surface area (Å²) in [5, 5.41) is 0. The molecule has 4 N–H and O–H groups in total. The number of amides is 4. The van der Waals surface area contributed by atoms with Crippen LogP contribution in [0.5, 0.6) is 0 Å². The van der Waals surface area contributed by atoms with Crippen molar-refractivity contribution in [2.45, 2.75) is 17.8 Å². The minimum atomic E-state index is -6.18. The summed E-state index contributed by atoms with van der Waals surface area (Å²) in [5.74, 6) is -6.66. The lowest BCUT2D eigenvalue weighted by Gasteiger charge is -2.38. The summed E-state index contributed by atoms with van der Waals surface area (Å²) in [4.78, 5) is 53.4. The van der Waals surface area contributed by atoms with Crippen LogP contribution >= 0.6 is 0 Å². The molecular formula is C31H16F8N4O4. The number of hydrogen-bond donors (Lipinski definition) is 2. The van der Waals surface area contributed by atoms with Crippen molar-refractivity contribution in [3.63, 3.8) is 0 Å². The third-order valence-corrected chi connectivity index (χ3v) is 7.97. The van der Waals surface area contributed by atoms with Crippen LogP contribution in [0, 0.1) is 11.6 Å². The molecule has 0 aromatic heterocycles. The number of alkyl halides is 6. The van der Waals surface area contributed by atoms with Crippen molar-refractivity contribution >= 4 is 46.4 Å². The van der Waals surface area contributed by atoms with Gasteiger partial charge in [-0.15, -0.1) is 0 Å². The Morgan fingerprint density at radius 1 is 0.468 bits per heavy atom. The largest absolute Gasteiger partial charge is 0.411 e. The molecule has 2 aliphatic rings. The van der Waals surface area contributed by atoms with Gasteiger partial charge in [0.05, 0.1) is 45.0 Å². The third kappa shape index (κ3) is 4.34. The molecule has 4 amide bonds. The molecule has 0 atom stereocenters. The van der Waals surface area contributed by atoms with Crippen LogP contribution < -0.4 is 21.3 Å². The monoisotopic (exact) mass is 660 g/mol. The molecule has 0 saturated carbocycles. The van der Waals surface area contributed by atoms with Gasteiger partial charge in [-0.05, 0) is 71.8 Å². The Morgan fingerprint density at radius 3 is 1.13 bits per heavy atom. The van der Waals surface area contributed by atoms with Gasteiger partial charge in [0.25, 0.3) is 23.6 Å². The number of nitrogen functional groups attached to an aromatic ring is 2. The number of imide groups is 2. The average Bonchev–Trinajstić information content (AvgIpc) is 3.38. The normalized spacial score (nSPS) is 15.1. The van der Waals surface area contributed by atoms with Crippen LogP contribution in [0.1, 0.15) is 52.6 Å². The summed E-state index contributed by atoms with van der Waals surface area (Å²) >= 11 is 0. The van der Waals surface area contributed by atoms with E-state index in [1.54, 1.807) is 0 Å². The number of nitrogens with zero attached hydrogens (tertiary/aromatic N) is 2. The number of halogens is 8. The number of benzene rings is 4. The van der Waals surface area contributed by atoms with Gasteiger partial charge >= 0.3 is 12.4 Å². The van der Waals surface area contributed by atoms with Crippen LogP contribution in [0.25, 0.3) is 0 Å². The molecule has 0 radical (unpaired) electrons. The number of hydrogen-bond acceptors (Lipinski definition) is 6. The SMILES string of the molecule is Nc1cc(N2C(=O)c3ccc(C(c4ccc5c(c4)C(=O)N(c4ccc(F)c(N)c4)C5=O)(C(F)(F)F)C(F)(F)F)cc3C2=O)ccc1F. The van der Waals surface area contributed by atoms with Crippen molar-refractivity contribution in [3.05, 3.63) is 118 Å². The molecule has 0 bridgehead atoms. The topological polar surface area (TPSA) is 127 Å². The summed E-state index contributed by atoms with van der Waals surface area (Å²) in [6.45, 7) is 0. The second-order valence-corrected chi connectivity index (χ2v) is 10.6. The maximum absolute atomic E-state index is 15.0. The van der Waals surface area contributed by atoms with Crippen LogP contribution in [-0.2, 0) is 5.41 Å². The van der Waals surface area contributed by atoms with Gasteiger partial charge in [-0.3, -0.25) is 19.2 Å². The molecule has 8 nitrogen and oxygen atoms in total. The zero-order chi connectivity index (χ0) is 34.4. The van der Waals surface area contributed by atoms with Gasteiger partial charge in [0, 0.05) is 0 Å². The first kappa shape index (κ1) is 31.2. The number of fused-ring (bicyclic) bond motifs is 2. The summed E-state index contributed by atoms with van der Waals surface area (Å²) in [6, 6.07) is 7.87. The second kappa shape index (κ2) is 10.1. The Bertz CT molecular complexity index is 1930. The highest BCUT2D eigenvalue weighted by atomic mass is 19.4. The molecule has 47 heavy (non-hydrogen) atoms. The maximum Gasteiger partial charge on any atom is 0.411 e. The molecule has 2 aliphatic heterocycles. The maximum atomic E-state index is 15.0. The molecule has 0 fully saturated rings. The van der Waals surface area contributed by atoms with Gasteiger partial charge in [-0.1, -0.05) is 12.1 Å². The van der Waals surface area contributed by atoms with Gasteiger partial charge in [0.2, 0.25) is 5.41 Å². The lowest BCUT2D eigenvalue weighted by Crippen LogP contribution is -2.55. The summed E-state index contributed by atoms with van der Waals surface area (Å²) in [5.41, 5.74) is -1.23. The van der Waals surface area contributed by atoms with Crippen molar-refractivity contribution in [2.24, 2.45) is 0 Å². The Morgan fingerprint density at radius 2 is 0.809 bits per heavy atom. The molecule has 0 unspecified atom stereocenters. The van der Waals surface area contributed by atoms with Gasteiger partial charge in [-0.2, -0.15) is 26.3 Å². The molecule has 4 aromatic rings. The Kier molecular flexibility index (Phi) is 6.70. The van der Waals surface area contributed by atoms with Crippen LogP contribution in [-0.4, -0.2) is 36.0 Å². The van der Waals surface area contributed by atoms with Gasteiger partial charge in [-0.25, -0.2) is 18.6 Å². The molecule has 2 heterocycles. The number of anilines is 4. The van der Waals surface area contributed by atoms with E-state index in [9.17, 15) is 54.3 Å². The van der Waals surface area contributed by atoms with Gasteiger partial charge < -0.3 is 11.5 Å². The number of nitrogens with two attached hydrogens (primary N) is 2. The van der Waals surface area contributed by atoms with Crippen molar-refractivity contribution in [2.75, 3.05) is 21.3 Å². The molecule has 16 heteroatoms. The van der Waals surface area contributed by atoms with Crippen molar-refractivity contribution in [1.82, 2.24) is 0 Å². The van der Waals surface area contributed by atoms with Crippen LogP contribution in [0.15, 0.2) is 72.8 Å². The first-order valence-electron chi connectivity index (χ1n) is 13.2. The molecule has 4 aromatic carbocycles. The Balaban J connectivity index is 1.51. The van der Waals surface area contributed by atoms with Gasteiger partial charge in [0.15, 0.2) is 0 Å². The van der Waals surface area contributed by atoms with E-state index in [0.29, 0.717) is 34.1 Å². The van der Waals surface area contributed by atoms with Gasteiger partial charge in [0.1, 0.15) is 11.6 Å². The summed E-state index contributed by atoms with van der Waals surface area (Å²) < 4.78 is 117. The van der Waals surface area contributed by atoms with Crippen LogP contribution in [0.3, 0.4) is 0 Å². The lowest BCUT2D eigenvalue weighted by molar-refractivity contribution is -0.288. The zero-order valence-electron chi connectivity index (χ0n) is 23.1. The predicted octanol–water partition coefficient (Wildman–Crippen LogP) is 6.14. The lowest BCUT2D eigenvalue weighted by atomic mass is 9.71.